The fraction of sp³-hybridized carbons (Fsp3) is 0. The van der Waals surface area contributed by atoms with Crippen LogP contribution in [0.3, 0.4) is 0 Å². The van der Waals surface area contributed by atoms with Gasteiger partial charge in [-0.05, 0) is 30.3 Å². The molecule has 0 saturated carbocycles. The minimum absolute atomic E-state index is 0.112. The third-order valence-electron chi connectivity index (χ3n) is 2.83. The third-order valence-corrected chi connectivity index (χ3v) is 3.06. The molecule has 1 aromatic carbocycles. The number of aromatic nitrogens is 3. The highest BCUT2D eigenvalue weighted by atomic mass is 35.5. The van der Waals surface area contributed by atoms with E-state index in [1.807, 2.05) is 0 Å². The number of halogens is 1. The molecule has 3 rings (SSSR count). The van der Waals surface area contributed by atoms with Crippen LogP contribution < -0.4 is 0 Å². The van der Waals surface area contributed by atoms with Crippen molar-refractivity contribution in [1.29, 1.82) is 0 Å². The Morgan fingerprint density at radius 1 is 1.27 bits per heavy atom. The molecule has 0 fully saturated rings. The second kappa shape index (κ2) is 5.82. The largest absolute Gasteiger partial charge is 0.478 e. The summed E-state index contributed by atoms with van der Waals surface area (Å²) in [5.41, 5.74) is 0.519. The van der Waals surface area contributed by atoms with Gasteiger partial charge in [0.1, 0.15) is 24.2 Å². The number of hydrogen-bond donors (Lipinski definition) is 1. The zero-order chi connectivity index (χ0) is 15.5. The summed E-state index contributed by atoms with van der Waals surface area (Å²) in [6, 6.07) is 7.84. The van der Waals surface area contributed by atoms with Gasteiger partial charge in [0.15, 0.2) is 0 Å². The summed E-state index contributed by atoms with van der Waals surface area (Å²) in [6.07, 6.45) is 4.33. The van der Waals surface area contributed by atoms with Gasteiger partial charge in [-0.3, -0.25) is 0 Å². The normalized spacial score (nSPS) is 11.1. The molecule has 0 aliphatic rings. The number of rotatable bonds is 4. The molecule has 0 amide bonds. The highest BCUT2D eigenvalue weighted by Gasteiger charge is 2.15. The molecule has 22 heavy (non-hydrogen) atoms. The quantitative estimate of drug-likeness (QED) is 0.747. The SMILES string of the molecule is O=C(O)c1ccc(Cl)cc1-c1ccc(/C=N\n2cnnc2)o1. The molecule has 1 N–H and O–H groups in total. The van der Waals surface area contributed by atoms with Gasteiger partial charge < -0.3 is 9.52 Å². The minimum atomic E-state index is -1.05. The molecule has 0 unspecified atom stereocenters. The van der Waals surface area contributed by atoms with Crippen LogP contribution >= 0.6 is 11.6 Å². The number of hydrogen-bond acceptors (Lipinski definition) is 5. The molecule has 0 saturated heterocycles. The van der Waals surface area contributed by atoms with Gasteiger partial charge in [0.05, 0.1) is 11.8 Å². The molecule has 0 aliphatic heterocycles. The smallest absolute Gasteiger partial charge is 0.336 e. The Labute approximate surface area is 129 Å². The standard InChI is InChI=1S/C14H9ClN4O3/c15-9-1-3-11(14(20)21)12(5-9)13-4-2-10(22-13)6-18-19-7-16-17-8-19/h1-8H,(H,20,21)/b18-6-. The molecule has 0 bridgehead atoms. The van der Waals surface area contributed by atoms with E-state index in [0.717, 1.165) is 0 Å². The van der Waals surface area contributed by atoms with E-state index in [9.17, 15) is 9.90 Å². The molecule has 7 nitrogen and oxygen atoms in total. The van der Waals surface area contributed by atoms with Crippen LogP contribution in [-0.2, 0) is 0 Å². The summed E-state index contributed by atoms with van der Waals surface area (Å²) < 4.78 is 7.00. The number of furan rings is 1. The lowest BCUT2D eigenvalue weighted by Crippen LogP contribution is -1.98. The van der Waals surface area contributed by atoms with Crippen molar-refractivity contribution in [2.45, 2.75) is 0 Å². The van der Waals surface area contributed by atoms with Crippen LogP contribution in [0.1, 0.15) is 16.1 Å². The van der Waals surface area contributed by atoms with E-state index in [0.29, 0.717) is 22.1 Å². The van der Waals surface area contributed by atoms with E-state index in [1.54, 1.807) is 18.2 Å². The maximum Gasteiger partial charge on any atom is 0.336 e. The van der Waals surface area contributed by atoms with Crippen molar-refractivity contribution in [3.8, 4) is 11.3 Å². The molecule has 0 aliphatic carbocycles. The number of aromatic carboxylic acids is 1. The summed E-state index contributed by atoms with van der Waals surface area (Å²) in [5, 5.41) is 20.9. The van der Waals surface area contributed by atoms with Crippen LogP contribution in [0.2, 0.25) is 5.02 Å². The Hall–Kier alpha value is -2.93. The van der Waals surface area contributed by atoms with Gasteiger partial charge in [0, 0.05) is 10.6 Å². The van der Waals surface area contributed by atoms with Crippen molar-refractivity contribution in [3.63, 3.8) is 0 Å². The van der Waals surface area contributed by atoms with Crippen LogP contribution in [0.15, 0.2) is 52.5 Å². The van der Waals surface area contributed by atoms with Crippen LogP contribution in [0.4, 0.5) is 0 Å². The van der Waals surface area contributed by atoms with Gasteiger partial charge in [0.2, 0.25) is 0 Å². The molecule has 8 heteroatoms. The van der Waals surface area contributed by atoms with Gasteiger partial charge in [-0.2, -0.15) is 5.10 Å². The van der Waals surface area contributed by atoms with Gasteiger partial charge in [-0.1, -0.05) is 11.6 Å². The first-order chi connectivity index (χ1) is 10.6. The third kappa shape index (κ3) is 2.89. The Morgan fingerprint density at radius 3 is 2.77 bits per heavy atom. The second-order valence-electron chi connectivity index (χ2n) is 4.28. The lowest BCUT2D eigenvalue weighted by atomic mass is 10.1. The maximum atomic E-state index is 11.3. The summed E-state index contributed by atoms with van der Waals surface area (Å²) in [4.78, 5) is 11.3. The predicted molar refractivity (Wildman–Crippen MR) is 79.1 cm³/mol. The van der Waals surface area contributed by atoms with E-state index in [4.69, 9.17) is 16.0 Å². The van der Waals surface area contributed by atoms with Crippen LogP contribution in [-0.4, -0.2) is 32.2 Å². The maximum absolute atomic E-state index is 11.3. The fourth-order valence-corrected chi connectivity index (χ4v) is 2.02. The molecule has 0 radical (unpaired) electrons. The topological polar surface area (TPSA) is 93.5 Å². The Balaban J connectivity index is 1.94. The molecule has 3 aromatic rings. The summed E-state index contributed by atoms with van der Waals surface area (Å²) in [7, 11) is 0. The minimum Gasteiger partial charge on any atom is -0.478 e. The molecule has 2 heterocycles. The van der Waals surface area contributed by atoms with Crippen molar-refractivity contribution in [2.75, 3.05) is 0 Å². The zero-order valence-corrected chi connectivity index (χ0v) is 11.8. The Kier molecular flexibility index (Phi) is 3.71. The van der Waals surface area contributed by atoms with Crippen LogP contribution in [0.25, 0.3) is 11.3 Å². The number of carboxylic acids is 1. The Bertz CT molecular complexity index is 840. The number of nitrogens with zero attached hydrogens (tertiary/aromatic N) is 4. The number of benzene rings is 1. The second-order valence-corrected chi connectivity index (χ2v) is 4.72. The van der Waals surface area contributed by atoms with Gasteiger partial charge in [-0.25, -0.2) is 9.47 Å². The Morgan fingerprint density at radius 2 is 2.05 bits per heavy atom. The van der Waals surface area contributed by atoms with E-state index < -0.39 is 5.97 Å². The molecule has 2 aromatic heterocycles. The highest BCUT2D eigenvalue weighted by Crippen LogP contribution is 2.28. The molecule has 0 spiro atoms. The zero-order valence-electron chi connectivity index (χ0n) is 11.0. The molecule has 110 valence electrons. The molecular weight excluding hydrogens is 308 g/mol. The van der Waals surface area contributed by atoms with Crippen LogP contribution in [0, 0.1) is 0 Å². The lowest BCUT2D eigenvalue weighted by Gasteiger charge is -2.03. The first-order valence-corrected chi connectivity index (χ1v) is 6.53. The van der Waals surface area contributed by atoms with Crippen molar-refractivity contribution in [3.05, 3.63) is 59.3 Å². The van der Waals surface area contributed by atoms with Crippen molar-refractivity contribution < 1.29 is 14.3 Å². The summed E-state index contributed by atoms with van der Waals surface area (Å²) >= 11 is 5.93. The van der Waals surface area contributed by atoms with Crippen molar-refractivity contribution >= 4 is 23.8 Å². The van der Waals surface area contributed by atoms with Gasteiger partial charge in [-0.15, -0.1) is 10.2 Å². The van der Waals surface area contributed by atoms with Crippen molar-refractivity contribution in [1.82, 2.24) is 14.9 Å². The van der Waals surface area contributed by atoms with E-state index in [1.165, 1.54) is 35.7 Å². The average Bonchev–Trinajstić information content (AvgIpc) is 3.16. The van der Waals surface area contributed by atoms with E-state index in [2.05, 4.69) is 15.3 Å². The van der Waals surface area contributed by atoms with Gasteiger partial charge >= 0.3 is 5.97 Å². The summed E-state index contributed by atoms with van der Waals surface area (Å²) in [6.45, 7) is 0. The van der Waals surface area contributed by atoms with Gasteiger partial charge in [0.25, 0.3) is 0 Å². The number of carboxylic acid groups (broad SMARTS) is 1. The monoisotopic (exact) mass is 316 g/mol. The number of carbonyl (C=O) groups is 1. The average molecular weight is 317 g/mol. The first-order valence-electron chi connectivity index (χ1n) is 6.15. The summed E-state index contributed by atoms with van der Waals surface area (Å²) in [5.74, 6) is -0.201. The first kappa shape index (κ1) is 14.0. The van der Waals surface area contributed by atoms with E-state index in [-0.39, 0.29) is 5.56 Å². The lowest BCUT2D eigenvalue weighted by molar-refractivity contribution is 0.0697. The molecular formula is C14H9ClN4O3. The predicted octanol–water partition coefficient (Wildman–Crippen LogP) is 2.77. The molecule has 0 atom stereocenters. The fourth-order valence-electron chi connectivity index (χ4n) is 1.85. The van der Waals surface area contributed by atoms with E-state index >= 15 is 0 Å². The highest BCUT2D eigenvalue weighted by molar-refractivity contribution is 6.31. The van der Waals surface area contributed by atoms with Crippen LogP contribution in [0.5, 0.6) is 0 Å². The van der Waals surface area contributed by atoms with Crippen molar-refractivity contribution in [2.24, 2.45) is 5.10 Å².